The number of hydrogen-bond donors (Lipinski definition) is 4. The molecule has 41 heavy (non-hydrogen) atoms. The lowest BCUT2D eigenvalue weighted by Crippen LogP contribution is -2.62. The number of primary amides is 1. The van der Waals surface area contributed by atoms with Crippen molar-refractivity contribution in [2.24, 2.45) is 34.3 Å². The maximum absolute atomic E-state index is 14.2. The molecule has 3 saturated carbocycles. The van der Waals surface area contributed by atoms with Gasteiger partial charge < -0.3 is 26.6 Å². The lowest BCUT2D eigenvalue weighted by atomic mass is 9.85. The van der Waals surface area contributed by atoms with Crippen molar-refractivity contribution in [2.45, 2.75) is 129 Å². The monoisotopic (exact) mass is 573 g/mol. The van der Waals surface area contributed by atoms with Gasteiger partial charge in [0.2, 0.25) is 17.6 Å². The standard InChI is InChI=1S/C31H51N5O5/c1-7-31(14-10-8-9-11-15-31)35-28(41)34-24(29(2,3)4)27(40)36-17-19-21(30(19,5)6)22(36)26(39)33-20(16-18-12-13-18)23(37)25(32)38/h18-22,24H,7-17H2,1-6H3,(H2,32,38)(H,33,39)(H2,34,35,41)/t19-,20?,21-,22-,24+/m0/s1. The number of nitrogens with one attached hydrogen (secondary N) is 3. The fourth-order valence-electron chi connectivity index (χ4n) is 7.36. The third kappa shape index (κ3) is 6.72. The van der Waals surface area contributed by atoms with Gasteiger partial charge in [-0.2, -0.15) is 0 Å². The molecule has 10 nitrogen and oxygen atoms in total. The summed E-state index contributed by atoms with van der Waals surface area (Å²) >= 11 is 0. The Labute approximate surface area is 244 Å². The summed E-state index contributed by atoms with van der Waals surface area (Å²) in [4.78, 5) is 67.2. The minimum atomic E-state index is -1.07. The highest BCUT2D eigenvalue weighted by atomic mass is 16.2. The number of ketones is 1. The van der Waals surface area contributed by atoms with Gasteiger partial charge in [-0.3, -0.25) is 19.2 Å². The number of rotatable bonds is 10. The first kappa shape index (κ1) is 31.3. The second kappa shape index (κ2) is 11.6. The van der Waals surface area contributed by atoms with E-state index in [2.05, 4.69) is 36.7 Å². The molecule has 4 aliphatic rings. The Morgan fingerprint density at radius 1 is 0.976 bits per heavy atom. The normalized spacial score (nSPS) is 28.0. The van der Waals surface area contributed by atoms with Crippen molar-refractivity contribution >= 4 is 29.5 Å². The number of carbonyl (C=O) groups excluding carboxylic acids is 5. The molecule has 10 heteroatoms. The van der Waals surface area contributed by atoms with Gasteiger partial charge in [0.25, 0.3) is 5.91 Å². The Bertz CT molecular complexity index is 1050. The molecule has 1 unspecified atom stereocenters. The third-order valence-corrected chi connectivity index (χ3v) is 10.4. The van der Waals surface area contributed by atoms with E-state index >= 15 is 0 Å². The summed E-state index contributed by atoms with van der Waals surface area (Å²) in [5.74, 6) is -2.26. The minimum Gasteiger partial charge on any atom is -0.363 e. The maximum Gasteiger partial charge on any atom is 0.315 e. The van der Waals surface area contributed by atoms with Crippen LogP contribution in [0.15, 0.2) is 0 Å². The Kier molecular flexibility index (Phi) is 8.82. The number of likely N-dealkylation sites (tertiary alicyclic amines) is 1. The molecule has 5 amide bonds. The van der Waals surface area contributed by atoms with Crippen LogP contribution in [0.4, 0.5) is 4.79 Å². The predicted molar refractivity (Wildman–Crippen MR) is 155 cm³/mol. The molecule has 0 spiro atoms. The number of urea groups is 1. The van der Waals surface area contributed by atoms with Crippen LogP contribution in [0.5, 0.6) is 0 Å². The van der Waals surface area contributed by atoms with Crippen LogP contribution in [-0.4, -0.2) is 64.6 Å². The fraction of sp³-hybridized carbons (Fsp3) is 0.839. The molecule has 4 rings (SSSR count). The summed E-state index contributed by atoms with van der Waals surface area (Å²) < 4.78 is 0. The van der Waals surface area contributed by atoms with Crippen LogP contribution < -0.4 is 21.7 Å². The lowest BCUT2D eigenvalue weighted by molar-refractivity contribution is -0.145. The Balaban J connectivity index is 1.52. The first-order chi connectivity index (χ1) is 19.1. The van der Waals surface area contributed by atoms with Gasteiger partial charge in [0.05, 0.1) is 6.04 Å². The van der Waals surface area contributed by atoms with Crippen LogP contribution in [0, 0.1) is 28.6 Å². The van der Waals surface area contributed by atoms with E-state index in [0.29, 0.717) is 13.0 Å². The molecule has 1 saturated heterocycles. The van der Waals surface area contributed by atoms with E-state index in [-0.39, 0.29) is 40.6 Å². The molecule has 1 aliphatic heterocycles. The number of nitrogens with two attached hydrogens (primary N) is 1. The van der Waals surface area contributed by atoms with Crippen LogP contribution in [0.3, 0.4) is 0 Å². The van der Waals surface area contributed by atoms with Crippen molar-refractivity contribution in [3.8, 4) is 0 Å². The summed E-state index contributed by atoms with van der Waals surface area (Å²) in [6.07, 6.45) is 9.40. The van der Waals surface area contributed by atoms with Gasteiger partial charge in [0.15, 0.2) is 0 Å². The van der Waals surface area contributed by atoms with Crippen molar-refractivity contribution in [2.75, 3.05) is 6.54 Å². The highest BCUT2D eigenvalue weighted by Crippen LogP contribution is 2.65. The number of hydrogen-bond acceptors (Lipinski definition) is 5. The zero-order valence-corrected chi connectivity index (χ0v) is 25.8. The van der Waals surface area contributed by atoms with Gasteiger partial charge >= 0.3 is 6.03 Å². The molecule has 3 aliphatic carbocycles. The number of nitrogens with zero attached hydrogens (tertiary/aromatic N) is 1. The summed E-state index contributed by atoms with van der Waals surface area (Å²) in [7, 11) is 0. The summed E-state index contributed by atoms with van der Waals surface area (Å²) in [6, 6.07) is -2.99. The van der Waals surface area contributed by atoms with Crippen LogP contribution in [0.1, 0.15) is 106 Å². The van der Waals surface area contributed by atoms with Crippen LogP contribution in [-0.2, 0) is 19.2 Å². The number of amides is 5. The number of fused-ring (bicyclic) bond motifs is 1. The second-order valence-electron chi connectivity index (χ2n) is 14.8. The molecule has 0 bridgehead atoms. The second-order valence-corrected chi connectivity index (χ2v) is 14.8. The molecule has 230 valence electrons. The van der Waals surface area contributed by atoms with E-state index in [1.165, 1.54) is 0 Å². The number of piperidine rings is 1. The van der Waals surface area contributed by atoms with E-state index in [1.807, 2.05) is 20.8 Å². The van der Waals surface area contributed by atoms with Crippen molar-refractivity contribution in [3.05, 3.63) is 0 Å². The van der Waals surface area contributed by atoms with Crippen LogP contribution >= 0.6 is 0 Å². The largest absolute Gasteiger partial charge is 0.363 e. The molecular formula is C31H51N5O5. The maximum atomic E-state index is 14.2. The SMILES string of the molecule is CCC1(NC(=O)N[C@H](C(=O)N2C[C@H]3[C@@H]([C@H]2C(=O)NC(CC2CC2)C(=O)C(N)=O)C3(C)C)C(C)(C)C)CCCCCC1. The Morgan fingerprint density at radius 2 is 1.59 bits per heavy atom. The topological polar surface area (TPSA) is 151 Å². The van der Waals surface area contributed by atoms with E-state index < -0.39 is 41.1 Å². The first-order valence-electron chi connectivity index (χ1n) is 15.6. The number of carbonyl (C=O) groups is 5. The van der Waals surface area contributed by atoms with Gasteiger partial charge in [-0.15, -0.1) is 0 Å². The van der Waals surface area contributed by atoms with Crippen molar-refractivity contribution in [3.63, 3.8) is 0 Å². The zero-order chi connectivity index (χ0) is 30.3. The molecule has 5 atom stereocenters. The van der Waals surface area contributed by atoms with Crippen LogP contribution in [0.25, 0.3) is 0 Å². The Hall–Kier alpha value is -2.65. The molecule has 0 radical (unpaired) electrons. The zero-order valence-electron chi connectivity index (χ0n) is 25.8. The molecule has 4 fully saturated rings. The van der Waals surface area contributed by atoms with Crippen LogP contribution in [0.2, 0.25) is 0 Å². The lowest BCUT2D eigenvalue weighted by Gasteiger charge is -2.39. The average molecular weight is 574 g/mol. The number of Topliss-reactive ketones (excluding diaryl/α,β-unsaturated/α-hetero) is 1. The van der Waals surface area contributed by atoms with E-state index in [1.54, 1.807) is 4.90 Å². The van der Waals surface area contributed by atoms with E-state index in [9.17, 15) is 24.0 Å². The molecular weight excluding hydrogens is 522 g/mol. The highest BCUT2D eigenvalue weighted by Gasteiger charge is 2.70. The summed E-state index contributed by atoms with van der Waals surface area (Å²) in [5.41, 5.74) is 4.27. The summed E-state index contributed by atoms with van der Waals surface area (Å²) in [5, 5.41) is 9.02. The Morgan fingerprint density at radius 3 is 2.10 bits per heavy atom. The predicted octanol–water partition coefficient (Wildman–Crippen LogP) is 3.03. The molecule has 5 N–H and O–H groups in total. The van der Waals surface area contributed by atoms with E-state index in [0.717, 1.165) is 57.8 Å². The fourth-order valence-corrected chi connectivity index (χ4v) is 7.36. The van der Waals surface area contributed by atoms with Gasteiger partial charge in [0.1, 0.15) is 12.1 Å². The third-order valence-electron chi connectivity index (χ3n) is 10.4. The molecule has 0 aromatic heterocycles. The highest BCUT2D eigenvalue weighted by molar-refractivity contribution is 6.37. The van der Waals surface area contributed by atoms with Gasteiger partial charge in [0, 0.05) is 12.1 Å². The molecule has 0 aromatic rings. The van der Waals surface area contributed by atoms with Crippen molar-refractivity contribution in [1.29, 1.82) is 0 Å². The quantitative estimate of drug-likeness (QED) is 0.234. The first-order valence-corrected chi connectivity index (χ1v) is 15.6. The average Bonchev–Trinajstić information content (AvgIpc) is 3.76. The molecule has 1 heterocycles. The molecule has 0 aromatic carbocycles. The van der Waals surface area contributed by atoms with E-state index in [4.69, 9.17) is 5.73 Å². The van der Waals surface area contributed by atoms with Gasteiger partial charge in [-0.1, -0.05) is 80.1 Å². The minimum absolute atomic E-state index is 0.0690. The van der Waals surface area contributed by atoms with Crippen molar-refractivity contribution < 1.29 is 24.0 Å². The van der Waals surface area contributed by atoms with Gasteiger partial charge in [-0.25, -0.2) is 4.79 Å². The smallest absolute Gasteiger partial charge is 0.315 e. The van der Waals surface area contributed by atoms with Gasteiger partial charge in [-0.05, 0) is 54.3 Å². The summed E-state index contributed by atoms with van der Waals surface area (Å²) in [6.45, 7) is 12.4. The van der Waals surface area contributed by atoms with Crippen molar-refractivity contribution in [1.82, 2.24) is 20.9 Å².